The summed E-state index contributed by atoms with van der Waals surface area (Å²) < 4.78 is 1.59. The van der Waals surface area contributed by atoms with Crippen molar-refractivity contribution in [2.24, 2.45) is 5.73 Å². The van der Waals surface area contributed by atoms with E-state index in [0.717, 1.165) is 12.8 Å². The van der Waals surface area contributed by atoms with E-state index in [2.05, 4.69) is 10.4 Å². The predicted octanol–water partition coefficient (Wildman–Crippen LogP) is 0.517. The Morgan fingerprint density at radius 1 is 1.50 bits per heavy atom. The Morgan fingerprint density at radius 3 is 2.69 bits per heavy atom. The lowest BCUT2D eigenvalue weighted by Gasteiger charge is -2.26. The molecule has 90 valence electrons. The van der Waals surface area contributed by atoms with Crippen molar-refractivity contribution < 1.29 is 4.79 Å². The van der Waals surface area contributed by atoms with Gasteiger partial charge < -0.3 is 11.1 Å². The Hall–Kier alpha value is -1.36. The zero-order valence-corrected chi connectivity index (χ0v) is 9.94. The molecule has 16 heavy (non-hydrogen) atoms. The minimum atomic E-state index is -0.292. The highest BCUT2D eigenvalue weighted by Gasteiger charge is 2.20. The molecule has 0 atom stereocenters. The molecule has 1 amide bonds. The van der Waals surface area contributed by atoms with E-state index >= 15 is 0 Å². The van der Waals surface area contributed by atoms with E-state index in [4.69, 9.17) is 5.73 Å². The Labute approximate surface area is 96.0 Å². The van der Waals surface area contributed by atoms with Crippen LogP contribution in [-0.2, 0) is 11.3 Å². The van der Waals surface area contributed by atoms with Crippen LogP contribution in [0.2, 0.25) is 0 Å². The van der Waals surface area contributed by atoms with Crippen LogP contribution in [0, 0.1) is 0 Å². The van der Waals surface area contributed by atoms with Crippen molar-refractivity contribution in [1.82, 2.24) is 15.1 Å². The molecule has 1 aromatic heterocycles. The van der Waals surface area contributed by atoms with E-state index < -0.39 is 0 Å². The largest absolute Gasteiger partial charge is 0.353 e. The summed E-state index contributed by atoms with van der Waals surface area (Å²) in [5.41, 5.74) is 5.79. The maximum Gasteiger partial charge on any atom is 0.241 e. The molecule has 1 heterocycles. The van der Waals surface area contributed by atoms with Crippen molar-refractivity contribution >= 4 is 5.91 Å². The number of hydrogen-bond acceptors (Lipinski definition) is 3. The molecule has 0 aliphatic carbocycles. The van der Waals surface area contributed by atoms with Gasteiger partial charge in [-0.2, -0.15) is 5.10 Å². The van der Waals surface area contributed by atoms with Gasteiger partial charge in [0.1, 0.15) is 6.54 Å². The van der Waals surface area contributed by atoms with Crippen molar-refractivity contribution in [2.75, 3.05) is 6.54 Å². The molecule has 0 spiro atoms. The molecule has 5 nitrogen and oxygen atoms in total. The fourth-order valence-electron chi connectivity index (χ4n) is 1.37. The summed E-state index contributed by atoms with van der Waals surface area (Å²) in [6.45, 7) is 4.82. The Morgan fingerprint density at radius 2 is 2.19 bits per heavy atom. The number of rotatable bonds is 6. The highest BCUT2D eigenvalue weighted by molar-refractivity contribution is 5.75. The van der Waals surface area contributed by atoms with E-state index in [9.17, 15) is 4.79 Å². The first kappa shape index (κ1) is 12.7. The van der Waals surface area contributed by atoms with Crippen molar-refractivity contribution in [2.45, 2.75) is 38.8 Å². The molecule has 0 unspecified atom stereocenters. The van der Waals surface area contributed by atoms with Gasteiger partial charge in [-0.15, -0.1) is 0 Å². The molecule has 0 bridgehead atoms. The molecular formula is C11H20N4O. The van der Waals surface area contributed by atoms with E-state index in [0.29, 0.717) is 6.54 Å². The van der Waals surface area contributed by atoms with Crippen LogP contribution < -0.4 is 11.1 Å². The van der Waals surface area contributed by atoms with Crippen LogP contribution in [0.4, 0.5) is 0 Å². The number of aromatic nitrogens is 2. The monoisotopic (exact) mass is 224 g/mol. The molecule has 0 radical (unpaired) electrons. The van der Waals surface area contributed by atoms with Crippen molar-refractivity contribution in [1.29, 1.82) is 0 Å². The molecular weight excluding hydrogens is 204 g/mol. The highest BCUT2D eigenvalue weighted by Crippen LogP contribution is 2.09. The van der Waals surface area contributed by atoms with E-state index in [-0.39, 0.29) is 18.0 Å². The summed E-state index contributed by atoms with van der Waals surface area (Å²) in [6, 6.07) is 1.79. The van der Waals surface area contributed by atoms with Crippen LogP contribution in [0.3, 0.4) is 0 Å². The third-order valence-electron chi connectivity index (χ3n) is 2.91. The zero-order valence-electron chi connectivity index (χ0n) is 9.94. The molecule has 0 saturated carbocycles. The summed E-state index contributed by atoms with van der Waals surface area (Å²) in [6.07, 6.45) is 5.12. The third-order valence-corrected chi connectivity index (χ3v) is 2.91. The summed E-state index contributed by atoms with van der Waals surface area (Å²) in [5.74, 6) is -0.0552. The van der Waals surface area contributed by atoms with E-state index in [1.54, 1.807) is 23.1 Å². The molecule has 0 aromatic carbocycles. The number of nitrogens with zero attached hydrogens (tertiary/aromatic N) is 2. The van der Waals surface area contributed by atoms with Gasteiger partial charge in [-0.3, -0.25) is 9.48 Å². The number of carbonyl (C=O) groups excluding carboxylic acids is 1. The Balaban J connectivity index is 2.35. The standard InChI is InChI=1S/C11H20N4O/c1-3-11(12,4-2)9-13-10(16)8-15-7-5-6-14-15/h5-7H,3-4,8-9,12H2,1-2H3,(H,13,16). The van der Waals surface area contributed by atoms with Gasteiger partial charge in [0.05, 0.1) is 0 Å². The second-order valence-electron chi connectivity index (χ2n) is 4.05. The van der Waals surface area contributed by atoms with Crippen molar-refractivity contribution in [3.05, 3.63) is 18.5 Å². The van der Waals surface area contributed by atoms with Crippen LogP contribution >= 0.6 is 0 Å². The lowest BCUT2D eigenvalue weighted by molar-refractivity contribution is -0.122. The number of nitrogens with two attached hydrogens (primary N) is 1. The molecule has 3 N–H and O–H groups in total. The first-order valence-corrected chi connectivity index (χ1v) is 5.62. The van der Waals surface area contributed by atoms with Gasteiger partial charge in [0.15, 0.2) is 0 Å². The normalized spacial score (nSPS) is 11.4. The van der Waals surface area contributed by atoms with Gasteiger partial charge in [0, 0.05) is 24.5 Å². The SMILES string of the molecule is CCC(N)(CC)CNC(=O)Cn1cccn1. The van der Waals surface area contributed by atoms with Crippen LogP contribution in [0.15, 0.2) is 18.5 Å². The van der Waals surface area contributed by atoms with Gasteiger partial charge in [-0.25, -0.2) is 0 Å². The van der Waals surface area contributed by atoms with Crippen LogP contribution in [0.1, 0.15) is 26.7 Å². The quantitative estimate of drug-likeness (QED) is 0.739. The molecule has 0 aliphatic heterocycles. The highest BCUT2D eigenvalue weighted by atomic mass is 16.2. The fourth-order valence-corrected chi connectivity index (χ4v) is 1.37. The second kappa shape index (κ2) is 5.65. The van der Waals surface area contributed by atoms with Crippen LogP contribution in [0.25, 0.3) is 0 Å². The summed E-state index contributed by atoms with van der Waals surface area (Å²) in [7, 11) is 0. The van der Waals surface area contributed by atoms with Gasteiger partial charge in [0.25, 0.3) is 0 Å². The maximum absolute atomic E-state index is 11.6. The maximum atomic E-state index is 11.6. The second-order valence-corrected chi connectivity index (χ2v) is 4.05. The van der Waals surface area contributed by atoms with Gasteiger partial charge in [-0.05, 0) is 18.9 Å². The zero-order chi connectivity index (χ0) is 12.0. The van der Waals surface area contributed by atoms with Crippen molar-refractivity contribution in [3.63, 3.8) is 0 Å². The molecule has 5 heteroatoms. The average molecular weight is 224 g/mol. The van der Waals surface area contributed by atoms with Gasteiger partial charge in [0.2, 0.25) is 5.91 Å². The molecule has 1 rings (SSSR count). The first-order valence-electron chi connectivity index (χ1n) is 5.62. The molecule has 0 aliphatic rings. The van der Waals surface area contributed by atoms with Crippen LogP contribution in [-0.4, -0.2) is 27.8 Å². The summed E-state index contributed by atoms with van der Waals surface area (Å²) in [4.78, 5) is 11.6. The smallest absolute Gasteiger partial charge is 0.241 e. The van der Waals surface area contributed by atoms with Gasteiger partial charge >= 0.3 is 0 Å². The first-order chi connectivity index (χ1) is 7.59. The van der Waals surface area contributed by atoms with Crippen LogP contribution in [0.5, 0.6) is 0 Å². The minimum absolute atomic E-state index is 0.0552. The number of amides is 1. The number of hydrogen-bond donors (Lipinski definition) is 2. The summed E-state index contributed by atoms with van der Waals surface area (Å²) >= 11 is 0. The van der Waals surface area contributed by atoms with Gasteiger partial charge in [-0.1, -0.05) is 13.8 Å². The Kier molecular flexibility index (Phi) is 4.49. The van der Waals surface area contributed by atoms with E-state index in [1.807, 2.05) is 13.8 Å². The lowest BCUT2D eigenvalue weighted by Crippen LogP contribution is -2.49. The van der Waals surface area contributed by atoms with Crippen molar-refractivity contribution in [3.8, 4) is 0 Å². The lowest BCUT2D eigenvalue weighted by atomic mass is 9.94. The average Bonchev–Trinajstić information content (AvgIpc) is 2.79. The Bertz CT molecular complexity index is 317. The topological polar surface area (TPSA) is 72.9 Å². The third kappa shape index (κ3) is 3.66. The predicted molar refractivity (Wildman–Crippen MR) is 62.7 cm³/mol. The summed E-state index contributed by atoms with van der Waals surface area (Å²) in [5, 5.41) is 6.80. The number of nitrogens with one attached hydrogen (secondary N) is 1. The fraction of sp³-hybridized carbons (Fsp3) is 0.636. The molecule has 0 saturated heterocycles. The molecule has 1 aromatic rings. The minimum Gasteiger partial charge on any atom is -0.353 e. The number of carbonyl (C=O) groups is 1. The molecule has 0 fully saturated rings. The van der Waals surface area contributed by atoms with E-state index in [1.165, 1.54) is 0 Å².